The molecule has 2 radical (unpaired) electrons. The highest BCUT2D eigenvalue weighted by atomic mass is 16.5. The van der Waals surface area contributed by atoms with Crippen LogP contribution in [-0.4, -0.2) is 59.3 Å². The fourth-order valence-electron chi connectivity index (χ4n) is 3.56. The van der Waals surface area contributed by atoms with Gasteiger partial charge in [-0.25, -0.2) is 0 Å². The van der Waals surface area contributed by atoms with Gasteiger partial charge in [0.25, 0.3) is 0 Å². The summed E-state index contributed by atoms with van der Waals surface area (Å²) in [5.41, 5.74) is 1.91. The maximum Gasteiger partial charge on any atom is 0.120 e. The van der Waals surface area contributed by atoms with Crippen LogP contribution < -0.4 is 4.74 Å². The van der Waals surface area contributed by atoms with Crippen molar-refractivity contribution in [3.05, 3.63) is 30.4 Å². The van der Waals surface area contributed by atoms with Gasteiger partial charge in [-0.05, 0) is 38.1 Å². The SMILES string of the molecule is COc1ccc2[nH]nc([C]N3CC4CCC(C3)N4C)c2c1. The largest absolute Gasteiger partial charge is 0.497 e. The number of H-pyrrole nitrogens is 1. The fourth-order valence-corrected chi connectivity index (χ4v) is 3.56. The van der Waals surface area contributed by atoms with Crippen LogP contribution in [0, 0.1) is 6.54 Å². The molecule has 5 nitrogen and oxygen atoms in total. The van der Waals surface area contributed by atoms with Crippen molar-refractivity contribution < 1.29 is 4.74 Å². The van der Waals surface area contributed by atoms with E-state index in [1.165, 1.54) is 12.8 Å². The van der Waals surface area contributed by atoms with E-state index in [0.29, 0.717) is 12.1 Å². The number of piperazine rings is 1. The second-order valence-electron chi connectivity index (χ2n) is 6.05. The summed E-state index contributed by atoms with van der Waals surface area (Å²) in [5.74, 6) is 0.852. The van der Waals surface area contributed by atoms with Crippen molar-refractivity contribution >= 4 is 10.9 Å². The van der Waals surface area contributed by atoms with Gasteiger partial charge in [-0.1, -0.05) is 0 Å². The minimum atomic E-state index is 0.663. The fraction of sp³-hybridized carbons (Fsp3) is 0.500. The lowest BCUT2D eigenvalue weighted by atomic mass is 10.1. The van der Waals surface area contributed by atoms with Crippen LogP contribution in [0.4, 0.5) is 0 Å². The number of nitrogens with one attached hydrogen (secondary N) is 1. The molecule has 2 unspecified atom stereocenters. The molecule has 5 heteroatoms. The molecule has 1 aromatic heterocycles. The maximum absolute atomic E-state index is 5.31. The molecule has 2 fully saturated rings. The first kappa shape index (κ1) is 13.1. The lowest BCUT2D eigenvalue weighted by Gasteiger charge is -2.38. The van der Waals surface area contributed by atoms with Crippen LogP contribution in [0.25, 0.3) is 10.9 Å². The third-order valence-corrected chi connectivity index (χ3v) is 4.88. The van der Waals surface area contributed by atoms with Gasteiger partial charge in [0.05, 0.1) is 18.3 Å². The van der Waals surface area contributed by atoms with Crippen molar-refractivity contribution in [3.63, 3.8) is 0 Å². The molecule has 21 heavy (non-hydrogen) atoms. The molecule has 0 aliphatic carbocycles. The van der Waals surface area contributed by atoms with Gasteiger partial charge in [0.1, 0.15) is 12.3 Å². The summed E-state index contributed by atoms with van der Waals surface area (Å²) in [5, 5.41) is 8.55. The summed E-state index contributed by atoms with van der Waals surface area (Å²) in [6, 6.07) is 7.29. The van der Waals surface area contributed by atoms with Gasteiger partial charge in [0.15, 0.2) is 0 Å². The molecule has 0 amide bonds. The second-order valence-corrected chi connectivity index (χ2v) is 6.05. The van der Waals surface area contributed by atoms with Crippen LogP contribution in [0.5, 0.6) is 5.75 Å². The number of rotatable bonds is 3. The topological polar surface area (TPSA) is 44.4 Å². The number of aromatic amines is 1. The van der Waals surface area contributed by atoms with E-state index in [1.807, 2.05) is 18.2 Å². The molecule has 1 aromatic carbocycles. The third-order valence-electron chi connectivity index (χ3n) is 4.88. The minimum Gasteiger partial charge on any atom is -0.497 e. The maximum atomic E-state index is 5.31. The van der Waals surface area contributed by atoms with E-state index in [-0.39, 0.29) is 0 Å². The van der Waals surface area contributed by atoms with Crippen molar-refractivity contribution in [3.8, 4) is 5.75 Å². The number of fused-ring (bicyclic) bond motifs is 3. The number of aromatic nitrogens is 2. The molecular formula is C16H20N4O. The predicted molar refractivity (Wildman–Crippen MR) is 81.1 cm³/mol. The zero-order valence-electron chi connectivity index (χ0n) is 12.5. The number of hydrogen-bond donors (Lipinski definition) is 1. The zero-order chi connectivity index (χ0) is 14.4. The van der Waals surface area contributed by atoms with E-state index < -0.39 is 0 Å². The Morgan fingerprint density at radius 3 is 2.76 bits per heavy atom. The second kappa shape index (κ2) is 5.00. The Kier molecular flexibility index (Phi) is 3.12. The summed E-state index contributed by atoms with van der Waals surface area (Å²) in [6.45, 7) is 5.58. The van der Waals surface area contributed by atoms with Crippen LogP contribution in [0.1, 0.15) is 18.5 Å². The Morgan fingerprint density at radius 2 is 2.05 bits per heavy atom. The molecule has 2 atom stereocenters. The van der Waals surface area contributed by atoms with Gasteiger partial charge in [-0.15, -0.1) is 0 Å². The lowest BCUT2D eigenvalue weighted by Crippen LogP contribution is -2.50. The first-order chi connectivity index (χ1) is 10.2. The lowest BCUT2D eigenvalue weighted by molar-refractivity contribution is 0.111. The third kappa shape index (κ3) is 2.21. The smallest absolute Gasteiger partial charge is 0.120 e. The Balaban J connectivity index is 1.57. The molecule has 2 aliphatic heterocycles. The molecule has 2 aromatic rings. The summed E-state index contributed by atoms with van der Waals surface area (Å²) >= 11 is 0. The average molecular weight is 284 g/mol. The quantitative estimate of drug-likeness (QED) is 0.932. The Labute approximate surface area is 124 Å². The Hall–Kier alpha value is -1.59. The van der Waals surface area contributed by atoms with Gasteiger partial charge in [-0.3, -0.25) is 14.9 Å². The van der Waals surface area contributed by atoms with E-state index in [4.69, 9.17) is 4.74 Å². The Morgan fingerprint density at radius 1 is 1.29 bits per heavy atom. The summed E-state index contributed by atoms with van der Waals surface area (Å²) < 4.78 is 5.31. The molecule has 110 valence electrons. The molecule has 2 aliphatic rings. The summed E-state index contributed by atoms with van der Waals surface area (Å²) in [6.07, 6.45) is 2.60. The van der Waals surface area contributed by atoms with Crippen molar-refractivity contribution in [2.24, 2.45) is 0 Å². The molecule has 3 heterocycles. The molecule has 0 saturated carbocycles. The first-order valence-corrected chi connectivity index (χ1v) is 7.50. The molecule has 1 N–H and O–H groups in total. The van der Waals surface area contributed by atoms with Crippen LogP contribution in [0.3, 0.4) is 0 Å². The monoisotopic (exact) mass is 284 g/mol. The van der Waals surface area contributed by atoms with Gasteiger partial charge >= 0.3 is 0 Å². The van der Waals surface area contributed by atoms with E-state index in [2.05, 4.69) is 33.6 Å². The van der Waals surface area contributed by atoms with E-state index >= 15 is 0 Å². The van der Waals surface area contributed by atoms with Crippen LogP contribution in [0.2, 0.25) is 0 Å². The predicted octanol–water partition coefficient (Wildman–Crippen LogP) is 1.74. The zero-order valence-corrected chi connectivity index (χ0v) is 12.5. The highest BCUT2D eigenvalue weighted by molar-refractivity contribution is 5.83. The van der Waals surface area contributed by atoms with Crippen molar-refractivity contribution in [2.75, 3.05) is 27.2 Å². The normalized spacial score (nSPS) is 26.6. The van der Waals surface area contributed by atoms with E-state index in [0.717, 1.165) is 35.4 Å². The highest BCUT2D eigenvalue weighted by Crippen LogP contribution is 2.30. The molecule has 4 rings (SSSR count). The number of nitrogens with zero attached hydrogens (tertiary/aromatic N) is 3. The first-order valence-electron chi connectivity index (χ1n) is 7.50. The number of ether oxygens (including phenoxy) is 1. The van der Waals surface area contributed by atoms with Crippen molar-refractivity contribution in [1.29, 1.82) is 0 Å². The number of hydrogen-bond acceptors (Lipinski definition) is 4. The summed E-state index contributed by atoms with van der Waals surface area (Å²) in [4.78, 5) is 4.82. The average Bonchev–Trinajstić information content (AvgIpc) is 2.96. The van der Waals surface area contributed by atoms with Gasteiger partial charge in [0.2, 0.25) is 0 Å². The van der Waals surface area contributed by atoms with E-state index in [1.54, 1.807) is 7.11 Å². The van der Waals surface area contributed by atoms with Gasteiger partial charge < -0.3 is 4.74 Å². The minimum absolute atomic E-state index is 0.663. The van der Waals surface area contributed by atoms with Crippen LogP contribution >= 0.6 is 0 Å². The number of methoxy groups -OCH3 is 1. The van der Waals surface area contributed by atoms with Crippen molar-refractivity contribution in [2.45, 2.75) is 24.9 Å². The molecule has 2 saturated heterocycles. The van der Waals surface area contributed by atoms with Gasteiger partial charge in [0, 0.05) is 30.6 Å². The molecule has 0 spiro atoms. The Bertz CT molecular complexity index is 639. The number of likely N-dealkylation sites (N-methyl/N-ethyl adjacent to an activating group) is 1. The van der Waals surface area contributed by atoms with E-state index in [9.17, 15) is 0 Å². The van der Waals surface area contributed by atoms with Crippen LogP contribution in [0.15, 0.2) is 18.2 Å². The van der Waals surface area contributed by atoms with Gasteiger partial charge in [-0.2, -0.15) is 5.10 Å². The standard InChI is InChI=1S/C16H20N4O/c1-19-11-3-4-12(19)9-20(8-11)10-16-14-7-13(21-2)5-6-15(14)17-18-16/h5-7,11-12H,3-4,8-9H2,1-2H3,(H,17,18). The highest BCUT2D eigenvalue weighted by Gasteiger charge is 2.37. The molecular weight excluding hydrogens is 264 g/mol. The number of benzene rings is 1. The molecule has 2 bridgehead atoms. The van der Waals surface area contributed by atoms with Crippen molar-refractivity contribution in [1.82, 2.24) is 20.0 Å². The summed E-state index contributed by atoms with van der Waals surface area (Å²) in [7, 11) is 3.93. The number of likely N-dealkylation sites (tertiary alicyclic amines) is 1. The van der Waals surface area contributed by atoms with Crippen LogP contribution in [-0.2, 0) is 0 Å².